The summed E-state index contributed by atoms with van der Waals surface area (Å²) < 4.78 is 0. The lowest BCUT2D eigenvalue weighted by atomic mass is 10.0. The van der Waals surface area contributed by atoms with E-state index in [4.69, 9.17) is 6.42 Å². The van der Waals surface area contributed by atoms with Crippen molar-refractivity contribution in [3.8, 4) is 12.3 Å². The number of hydrazine groups is 1. The lowest BCUT2D eigenvalue weighted by Gasteiger charge is -2.55. The maximum absolute atomic E-state index is 13.6. The summed E-state index contributed by atoms with van der Waals surface area (Å²) in [6, 6.07) is 19.0. The summed E-state index contributed by atoms with van der Waals surface area (Å²) in [5, 5.41) is 6.18. The molecular formula is C30H37N5O3S. The van der Waals surface area contributed by atoms with Crippen LogP contribution in [0.3, 0.4) is 0 Å². The van der Waals surface area contributed by atoms with Gasteiger partial charge in [0, 0.05) is 24.6 Å². The minimum absolute atomic E-state index is 0.0385. The highest BCUT2D eigenvalue weighted by molar-refractivity contribution is 7.98. The van der Waals surface area contributed by atoms with Crippen LogP contribution in [0, 0.1) is 12.3 Å². The first-order valence-corrected chi connectivity index (χ1v) is 14.7. The van der Waals surface area contributed by atoms with E-state index in [0.717, 1.165) is 29.9 Å². The van der Waals surface area contributed by atoms with Crippen molar-refractivity contribution in [1.82, 2.24) is 25.1 Å². The van der Waals surface area contributed by atoms with Crippen LogP contribution in [0.5, 0.6) is 0 Å². The van der Waals surface area contributed by atoms with E-state index < -0.39 is 12.2 Å². The van der Waals surface area contributed by atoms with E-state index in [-0.39, 0.29) is 37.5 Å². The van der Waals surface area contributed by atoms with Crippen LogP contribution in [0.1, 0.15) is 37.3 Å². The van der Waals surface area contributed by atoms with Gasteiger partial charge >= 0.3 is 6.03 Å². The van der Waals surface area contributed by atoms with Crippen LogP contribution in [0.25, 0.3) is 0 Å². The number of amides is 4. The third kappa shape index (κ3) is 7.14. The molecule has 4 rings (SSSR count). The van der Waals surface area contributed by atoms with Crippen LogP contribution < -0.4 is 5.32 Å². The van der Waals surface area contributed by atoms with Gasteiger partial charge in [-0.15, -0.1) is 6.42 Å². The van der Waals surface area contributed by atoms with E-state index in [9.17, 15) is 14.4 Å². The zero-order valence-electron chi connectivity index (χ0n) is 22.5. The largest absolute Gasteiger partial charge is 0.336 e. The number of thioether (sulfide) groups is 1. The Morgan fingerprint density at radius 2 is 1.77 bits per heavy atom. The molecule has 8 nitrogen and oxygen atoms in total. The van der Waals surface area contributed by atoms with Crippen LogP contribution in [0.15, 0.2) is 60.7 Å². The second-order valence-corrected chi connectivity index (χ2v) is 10.9. The number of benzene rings is 2. The van der Waals surface area contributed by atoms with Crippen molar-refractivity contribution in [2.45, 2.75) is 50.7 Å². The van der Waals surface area contributed by atoms with Crippen LogP contribution in [-0.2, 0) is 21.9 Å². The Morgan fingerprint density at radius 3 is 2.44 bits per heavy atom. The average molecular weight is 548 g/mol. The number of terminal acetylenes is 1. The van der Waals surface area contributed by atoms with Gasteiger partial charge in [-0.05, 0) is 17.5 Å². The Morgan fingerprint density at radius 1 is 1.08 bits per heavy atom. The average Bonchev–Trinajstić information content (AvgIpc) is 2.95. The Bertz CT molecular complexity index is 1160. The molecule has 2 saturated heterocycles. The molecule has 0 saturated carbocycles. The van der Waals surface area contributed by atoms with Crippen molar-refractivity contribution >= 4 is 29.6 Å². The summed E-state index contributed by atoms with van der Waals surface area (Å²) in [4.78, 5) is 44.1. The van der Waals surface area contributed by atoms with Gasteiger partial charge in [0.15, 0.2) is 0 Å². The Labute approximate surface area is 235 Å². The highest BCUT2D eigenvalue weighted by Crippen LogP contribution is 2.29. The summed E-state index contributed by atoms with van der Waals surface area (Å²) in [5.74, 6) is 4.00. The molecule has 4 amide bonds. The summed E-state index contributed by atoms with van der Waals surface area (Å²) in [5.41, 5.74) is 2.21. The fraction of sp³-hybridized carbons (Fsp3) is 0.433. The lowest BCUT2D eigenvalue weighted by Crippen LogP contribution is -2.76. The third-order valence-corrected chi connectivity index (χ3v) is 8.06. The molecule has 2 atom stereocenters. The Kier molecular flexibility index (Phi) is 10.3. The Balaban J connectivity index is 1.52. The molecule has 0 radical (unpaired) electrons. The molecule has 0 unspecified atom stereocenters. The molecule has 2 aromatic rings. The number of nitrogens with zero attached hydrogens (tertiary/aromatic N) is 4. The van der Waals surface area contributed by atoms with E-state index in [1.807, 2.05) is 53.4 Å². The fourth-order valence-electron chi connectivity index (χ4n) is 5.11. The highest BCUT2D eigenvalue weighted by atomic mass is 32.2. The summed E-state index contributed by atoms with van der Waals surface area (Å²) in [7, 11) is 0. The number of urea groups is 1. The second-order valence-electron chi connectivity index (χ2n) is 9.78. The van der Waals surface area contributed by atoms with Crippen molar-refractivity contribution in [3.05, 3.63) is 71.8 Å². The van der Waals surface area contributed by atoms with E-state index in [2.05, 4.69) is 30.3 Å². The topological polar surface area (TPSA) is 76.2 Å². The molecule has 2 heterocycles. The molecule has 0 bridgehead atoms. The van der Waals surface area contributed by atoms with Gasteiger partial charge in [-0.25, -0.2) is 9.80 Å². The summed E-state index contributed by atoms with van der Waals surface area (Å²) in [6.45, 7) is 3.29. The second kappa shape index (κ2) is 14.1. The first-order chi connectivity index (χ1) is 19.0. The summed E-state index contributed by atoms with van der Waals surface area (Å²) in [6.07, 6.45) is 7.31. The van der Waals surface area contributed by atoms with Gasteiger partial charge in [0.25, 0.3) is 0 Å². The number of carbonyl (C=O) groups excluding carboxylic acids is 3. The number of nitrogens with one attached hydrogen (secondary N) is 1. The normalized spacial score (nSPS) is 19.5. The van der Waals surface area contributed by atoms with Crippen molar-refractivity contribution in [2.24, 2.45) is 0 Å². The number of fused-ring (bicyclic) bond motifs is 1. The monoisotopic (exact) mass is 547 g/mol. The fourth-order valence-corrected chi connectivity index (χ4v) is 6.03. The van der Waals surface area contributed by atoms with Gasteiger partial charge in [-0.1, -0.05) is 86.3 Å². The minimum Gasteiger partial charge on any atom is -0.336 e. The van der Waals surface area contributed by atoms with Crippen LogP contribution in [-0.4, -0.2) is 81.8 Å². The number of carbonyl (C=O) groups is 3. The SMILES string of the molecule is C#CCN1CC(=O)N2[C@@H](CCCC)C(=O)N(CCSCc3ccccc3)C[C@@H]2N1C(=O)NCc1ccccc1. The number of rotatable bonds is 11. The standard InChI is InChI=1S/C30H37N5O3S/c1-3-5-16-26-29(37)32(18-19-39-23-25-14-10-7-11-15-25)21-27-34(26)28(36)22-33(17-4-2)35(27)30(38)31-20-24-12-8-6-9-13-24/h2,6-15,26-27H,3,5,16-23H2,1H3,(H,31,38)/t26-,27-/m0/s1. The maximum atomic E-state index is 13.6. The van der Waals surface area contributed by atoms with Crippen LogP contribution >= 0.6 is 11.8 Å². The Hall–Kier alpha value is -3.48. The highest BCUT2D eigenvalue weighted by Gasteiger charge is 2.50. The van der Waals surface area contributed by atoms with Crippen molar-refractivity contribution in [3.63, 3.8) is 0 Å². The maximum Gasteiger partial charge on any atom is 0.334 e. The number of hydrogen-bond donors (Lipinski definition) is 1. The van der Waals surface area contributed by atoms with Crippen LogP contribution in [0.2, 0.25) is 0 Å². The van der Waals surface area contributed by atoms with Gasteiger partial charge < -0.3 is 15.1 Å². The number of hydrogen-bond acceptors (Lipinski definition) is 5. The van der Waals surface area contributed by atoms with E-state index in [0.29, 0.717) is 19.5 Å². The molecule has 0 aliphatic carbocycles. The summed E-state index contributed by atoms with van der Waals surface area (Å²) >= 11 is 1.77. The molecule has 206 valence electrons. The van der Waals surface area contributed by atoms with E-state index in [1.165, 1.54) is 5.56 Å². The van der Waals surface area contributed by atoms with Gasteiger partial charge in [0.05, 0.1) is 19.6 Å². The number of unbranched alkanes of at least 4 members (excludes halogenated alkanes) is 1. The molecular weight excluding hydrogens is 510 g/mol. The number of piperazine rings is 1. The molecule has 2 aliphatic heterocycles. The predicted molar refractivity (Wildman–Crippen MR) is 154 cm³/mol. The predicted octanol–water partition coefficient (Wildman–Crippen LogP) is 3.55. The van der Waals surface area contributed by atoms with Gasteiger partial charge in [-0.2, -0.15) is 16.8 Å². The van der Waals surface area contributed by atoms with Gasteiger partial charge in [0.2, 0.25) is 11.8 Å². The molecule has 9 heteroatoms. The van der Waals surface area contributed by atoms with Gasteiger partial charge in [-0.3, -0.25) is 9.59 Å². The first kappa shape index (κ1) is 28.5. The quantitative estimate of drug-likeness (QED) is 0.344. The molecule has 2 aliphatic rings. The molecule has 0 aromatic heterocycles. The van der Waals surface area contributed by atoms with Crippen molar-refractivity contribution in [1.29, 1.82) is 0 Å². The van der Waals surface area contributed by atoms with Crippen molar-refractivity contribution in [2.75, 3.05) is 31.9 Å². The smallest absolute Gasteiger partial charge is 0.334 e. The van der Waals surface area contributed by atoms with E-state index >= 15 is 0 Å². The zero-order chi connectivity index (χ0) is 27.6. The van der Waals surface area contributed by atoms with Crippen molar-refractivity contribution < 1.29 is 14.4 Å². The van der Waals surface area contributed by atoms with Gasteiger partial charge in [0.1, 0.15) is 12.2 Å². The molecule has 1 N–H and O–H groups in total. The molecule has 0 spiro atoms. The first-order valence-electron chi connectivity index (χ1n) is 13.5. The van der Waals surface area contributed by atoms with Crippen LogP contribution in [0.4, 0.5) is 4.79 Å². The third-order valence-electron chi connectivity index (χ3n) is 7.05. The lowest BCUT2D eigenvalue weighted by molar-refractivity contribution is -0.189. The molecule has 39 heavy (non-hydrogen) atoms. The minimum atomic E-state index is -0.617. The zero-order valence-corrected chi connectivity index (χ0v) is 23.3. The van der Waals surface area contributed by atoms with E-state index in [1.54, 1.807) is 26.7 Å². The molecule has 2 aromatic carbocycles. The molecule has 2 fully saturated rings.